The van der Waals surface area contributed by atoms with Crippen molar-refractivity contribution in [2.24, 2.45) is 0 Å². The zero-order chi connectivity index (χ0) is 18.2. The van der Waals surface area contributed by atoms with E-state index in [1.165, 1.54) is 18.0 Å². The molecule has 1 heterocycles. The molecule has 26 heavy (non-hydrogen) atoms. The molecule has 0 bridgehead atoms. The second-order valence-corrected chi connectivity index (χ2v) is 6.76. The number of aryl methyl sites for hydroxylation is 1. The molecule has 5 heteroatoms. The number of nitrogens with zero attached hydrogens (tertiary/aromatic N) is 1. The molecule has 0 aliphatic heterocycles. The lowest BCUT2D eigenvalue weighted by atomic mass is 10.1. The lowest BCUT2D eigenvalue weighted by molar-refractivity contribution is 0.0937. The van der Waals surface area contributed by atoms with Gasteiger partial charge in [-0.25, -0.2) is 0 Å². The third-order valence-electron chi connectivity index (χ3n) is 4.72. The lowest BCUT2D eigenvalue weighted by Crippen LogP contribution is -2.33. The molecule has 0 saturated heterocycles. The number of pyridine rings is 1. The van der Waals surface area contributed by atoms with Crippen molar-refractivity contribution in [1.29, 1.82) is 0 Å². The summed E-state index contributed by atoms with van der Waals surface area (Å²) in [6, 6.07) is 12.1. The Morgan fingerprint density at radius 1 is 1.00 bits per heavy atom. The summed E-state index contributed by atoms with van der Waals surface area (Å²) in [4.78, 5) is 28.7. The van der Waals surface area contributed by atoms with E-state index in [9.17, 15) is 9.59 Å². The minimum atomic E-state index is -0.193. The van der Waals surface area contributed by atoms with Crippen LogP contribution in [0.3, 0.4) is 0 Å². The van der Waals surface area contributed by atoms with E-state index < -0.39 is 0 Å². The number of hydrogen-bond donors (Lipinski definition) is 2. The van der Waals surface area contributed by atoms with Crippen LogP contribution in [0.4, 0.5) is 0 Å². The molecule has 0 spiro atoms. The molecule has 0 atom stereocenters. The van der Waals surface area contributed by atoms with Gasteiger partial charge in [0.1, 0.15) is 0 Å². The van der Waals surface area contributed by atoms with Crippen molar-refractivity contribution in [3.05, 3.63) is 65.5 Å². The Kier molecular flexibility index (Phi) is 6.36. The lowest BCUT2D eigenvalue weighted by Gasteiger charge is -2.12. The molecule has 1 fully saturated rings. The van der Waals surface area contributed by atoms with Crippen LogP contribution < -0.4 is 10.6 Å². The van der Waals surface area contributed by atoms with Crippen LogP contribution in [0.25, 0.3) is 0 Å². The van der Waals surface area contributed by atoms with Crippen molar-refractivity contribution in [2.75, 3.05) is 6.54 Å². The highest BCUT2D eigenvalue weighted by atomic mass is 16.2. The zero-order valence-corrected chi connectivity index (χ0v) is 14.9. The van der Waals surface area contributed by atoms with Gasteiger partial charge < -0.3 is 10.6 Å². The van der Waals surface area contributed by atoms with Crippen molar-refractivity contribution < 1.29 is 9.59 Å². The summed E-state index contributed by atoms with van der Waals surface area (Å²) in [6.07, 6.45) is 9.17. The average Bonchev–Trinajstić information content (AvgIpc) is 3.19. The predicted molar refractivity (Wildman–Crippen MR) is 101 cm³/mol. The topological polar surface area (TPSA) is 71.1 Å². The standard InChI is InChI=1S/C21H25N3O2/c25-20(23-12-6-9-16-7-2-1-3-8-16)17-13-18(15-22-14-17)21(26)24-19-10-4-5-11-19/h1-3,7-8,13-15,19H,4-6,9-12H2,(H,23,25)(H,24,26). The number of carbonyl (C=O) groups excluding carboxylic acids is 2. The monoisotopic (exact) mass is 351 g/mol. The van der Waals surface area contributed by atoms with Crippen molar-refractivity contribution >= 4 is 11.8 Å². The Balaban J connectivity index is 1.48. The average molecular weight is 351 g/mol. The van der Waals surface area contributed by atoms with Crippen LogP contribution >= 0.6 is 0 Å². The van der Waals surface area contributed by atoms with Crippen molar-refractivity contribution in [3.63, 3.8) is 0 Å². The number of rotatable bonds is 7. The Morgan fingerprint density at radius 2 is 1.69 bits per heavy atom. The minimum absolute atomic E-state index is 0.150. The first-order valence-electron chi connectivity index (χ1n) is 9.30. The highest BCUT2D eigenvalue weighted by molar-refractivity contribution is 5.99. The maximum atomic E-state index is 12.3. The van der Waals surface area contributed by atoms with Gasteiger partial charge in [-0.15, -0.1) is 0 Å². The van der Waals surface area contributed by atoms with Gasteiger partial charge in [-0.3, -0.25) is 14.6 Å². The van der Waals surface area contributed by atoms with Gasteiger partial charge in [-0.2, -0.15) is 0 Å². The summed E-state index contributed by atoms with van der Waals surface area (Å²) < 4.78 is 0. The van der Waals surface area contributed by atoms with Crippen LogP contribution in [0.2, 0.25) is 0 Å². The molecule has 0 unspecified atom stereocenters. The van der Waals surface area contributed by atoms with Gasteiger partial charge in [0.15, 0.2) is 0 Å². The smallest absolute Gasteiger partial charge is 0.253 e. The SMILES string of the molecule is O=C(NCCCc1ccccc1)c1cncc(C(=O)NC2CCCC2)c1. The Morgan fingerprint density at radius 3 is 2.42 bits per heavy atom. The highest BCUT2D eigenvalue weighted by Crippen LogP contribution is 2.18. The second kappa shape index (κ2) is 9.13. The molecular formula is C21H25N3O2. The zero-order valence-electron chi connectivity index (χ0n) is 14.9. The molecule has 0 radical (unpaired) electrons. The van der Waals surface area contributed by atoms with E-state index in [1.54, 1.807) is 6.07 Å². The van der Waals surface area contributed by atoms with Crippen LogP contribution in [-0.2, 0) is 6.42 Å². The highest BCUT2D eigenvalue weighted by Gasteiger charge is 2.18. The summed E-state index contributed by atoms with van der Waals surface area (Å²) in [6.45, 7) is 0.590. The van der Waals surface area contributed by atoms with Crippen molar-refractivity contribution in [2.45, 2.75) is 44.6 Å². The quantitative estimate of drug-likeness (QED) is 0.753. The number of amides is 2. The summed E-state index contributed by atoms with van der Waals surface area (Å²) in [5, 5.41) is 5.92. The molecule has 2 aromatic rings. The van der Waals surface area contributed by atoms with E-state index >= 15 is 0 Å². The van der Waals surface area contributed by atoms with Crippen LogP contribution in [0.1, 0.15) is 58.4 Å². The van der Waals surface area contributed by atoms with Crippen LogP contribution in [-0.4, -0.2) is 29.4 Å². The van der Waals surface area contributed by atoms with Gasteiger partial charge in [0.25, 0.3) is 11.8 Å². The Bertz CT molecular complexity index is 740. The van der Waals surface area contributed by atoms with Gasteiger partial charge >= 0.3 is 0 Å². The maximum Gasteiger partial charge on any atom is 0.253 e. The van der Waals surface area contributed by atoms with E-state index in [1.807, 2.05) is 18.2 Å². The molecule has 2 amide bonds. The van der Waals surface area contributed by atoms with Crippen molar-refractivity contribution in [3.8, 4) is 0 Å². The number of aromatic nitrogens is 1. The molecule has 1 aliphatic carbocycles. The molecule has 1 aromatic carbocycles. The van der Waals surface area contributed by atoms with E-state index in [2.05, 4.69) is 27.8 Å². The predicted octanol–water partition coefficient (Wildman–Crippen LogP) is 3.12. The first-order valence-corrected chi connectivity index (χ1v) is 9.30. The molecule has 3 rings (SSSR count). The third-order valence-corrected chi connectivity index (χ3v) is 4.72. The molecule has 136 valence electrons. The van der Waals surface area contributed by atoms with Crippen LogP contribution in [0, 0.1) is 0 Å². The summed E-state index contributed by atoms with van der Waals surface area (Å²) in [5.41, 5.74) is 2.12. The van der Waals surface area contributed by atoms with Gasteiger partial charge in [0.05, 0.1) is 11.1 Å². The Hall–Kier alpha value is -2.69. The number of hydrogen-bond acceptors (Lipinski definition) is 3. The molecule has 1 aliphatic rings. The van der Waals surface area contributed by atoms with E-state index in [0.717, 1.165) is 38.5 Å². The normalized spacial score (nSPS) is 14.2. The summed E-state index contributed by atoms with van der Waals surface area (Å²) >= 11 is 0. The first-order chi connectivity index (χ1) is 12.7. The van der Waals surface area contributed by atoms with Crippen LogP contribution in [0.15, 0.2) is 48.8 Å². The van der Waals surface area contributed by atoms with E-state index in [0.29, 0.717) is 17.7 Å². The number of nitrogens with one attached hydrogen (secondary N) is 2. The minimum Gasteiger partial charge on any atom is -0.352 e. The molecule has 1 aromatic heterocycles. The van der Waals surface area contributed by atoms with E-state index in [-0.39, 0.29) is 17.9 Å². The van der Waals surface area contributed by atoms with Crippen LogP contribution in [0.5, 0.6) is 0 Å². The van der Waals surface area contributed by atoms with Gasteiger partial charge in [0.2, 0.25) is 0 Å². The fraction of sp³-hybridized carbons (Fsp3) is 0.381. The summed E-state index contributed by atoms with van der Waals surface area (Å²) in [5.74, 6) is -0.343. The Labute approximate surface area is 154 Å². The van der Waals surface area contributed by atoms with Gasteiger partial charge in [-0.05, 0) is 37.3 Å². The fourth-order valence-electron chi connectivity index (χ4n) is 3.27. The fourth-order valence-corrected chi connectivity index (χ4v) is 3.27. The molecule has 5 nitrogen and oxygen atoms in total. The maximum absolute atomic E-state index is 12.3. The third kappa shape index (κ3) is 5.15. The van der Waals surface area contributed by atoms with Gasteiger partial charge in [0, 0.05) is 25.0 Å². The van der Waals surface area contributed by atoms with Gasteiger partial charge in [-0.1, -0.05) is 43.2 Å². The number of benzene rings is 1. The first kappa shape index (κ1) is 18.1. The second-order valence-electron chi connectivity index (χ2n) is 6.76. The largest absolute Gasteiger partial charge is 0.352 e. The van der Waals surface area contributed by atoms with E-state index in [4.69, 9.17) is 0 Å². The van der Waals surface area contributed by atoms with Crippen molar-refractivity contribution in [1.82, 2.24) is 15.6 Å². The number of carbonyl (C=O) groups is 2. The molecule has 1 saturated carbocycles. The molecular weight excluding hydrogens is 326 g/mol. The summed E-state index contributed by atoms with van der Waals surface area (Å²) in [7, 11) is 0. The molecule has 2 N–H and O–H groups in total.